The smallest absolute Gasteiger partial charge is 0.331 e. The summed E-state index contributed by atoms with van der Waals surface area (Å²) in [7, 11) is -0.161. The third-order valence-electron chi connectivity index (χ3n) is 4.61. The molecule has 29 heavy (non-hydrogen) atoms. The lowest BCUT2D eigenvalue weighted by molar-refractivity contribution is 0.104. The van der Waals surface area contributed by atoms with Gasteiger partial charge in [0, 0.05) is 19.3 Å². The molecule has 0 saturated carbocycles. The second-order valence-electron chi connectivity index (χ2n) is 7.35. The molecule has 0 aromatic heterocycles. The van der Waals surface area contributed by atoms with Crippen molar-refractivity contribution >= 4 is 20.4 Å². The Bertz CT molecular complexity index is 754. The van der Waals surface area contributed by atoms with Gasteiger partial charge in [-0.3, -0.25) is 4.79 Å². The zero-order valence-electron chi connectivity index (χ0n) is 17.7. The molecule has 0 aliphatic heterocycles. The van der Waals surface area contributed by atoms with Crippen molar-refractivity contribution in [3.63, 3.8) is 0 Å². The quantitative estimate of drug-likeness (QED) is 0.178. The predicted octanol–water partition coefficient (Wildman–Crippen LogP) is 5.89. The lowest BCUT2D eigenvalue weighted by atomic mass is 10.1. The van der Waals surface area contributed by atoms with Gasteiger partial charge in [0.05, 0.1) is 6.61 Å². The fourth-order valence-corrected chi connectivity index (χ4v) is 3.42. The first-order valence-corrected chi connectivity index (χ1v) is 13.0. The lowest BCUT2D eigenvalue weighted by Crippen LogP contribution is -2.33. The van der Waals surface area contributed by atoms with Gasteiger partial charge in [0.25, 0.3) is 0 Å². The SMILES string of the molecule is CO[Si](C)(C)OCCCCCCOc1ccc(C=CC(=O)c2ccccc2)cc1. The van der Waals surface area contributed by atoms with Crippen LogP contribution in [0, 0.1) is 0 Å². The van der Waals surface area contributed by atoms with E-state index in [4.69, 9.17) is 13.6 Å². The monoisotopic (exact) mass is 412 g/mol. The van der Waals surface area contributed by atoms with E-state index < -0.39 is 8.56 Å². The van der Waals surface area contributed by atoms with E-state index >= 15 is 0 Å². The van der Waals surface area contributed by atoms with Crippen molar-refractivity contribution in [3.05, 3.63) is 71.8 Å². The number of allylic oxidation sites excluding steroid dienone is 1. The molecular weight excluding hydrogens is 380 g/mol. The minimum atomic E-state index is -1.88. The van der Waals surface area contributed by atoms with Crippen molar-refractivity contribution in [1.29, 1.82) is 0 Å². The third-order valence-corrected chi connectivity index (χ3v) is 6.50. The van der Waals surface area contributed by atoms with Crippen LogP contribution in [0.4, 0.5) is 0 Å². The second kappa shape index (κ2) is 12.4. The number of ketones is 1. The molecule has 0 aliphatic rings. The van der Waals surface area contributed by atoms with Crippen LogP contribution in [0.3, 0.4) is 0 Å². The second-order valence-corrected chi connectivity index (χ2v) is 10.8. The van der Waals surface area contributed by atoms with Crippen LogP contribution in [0.5, 0.6) is 5.75 Å². The van der Waals surface area contributed by atoms with Crippen LogP contribution in [-0.4, -0.2) is 34.7 Å². The van der Waals surface area contributed by atoms with Gasteiger partial charge in [0.15, 0.2) is 5.78 Å². The highest BCUT2D eigenvalue weighted by atomic mass is 28.4. The van der Waals surface area contributed by atoms with Gasteiger partial charge in [-0.25, -0.2) is 0 Å². The van der Waals surface area contributed by atoms with Crippen molar-refractivity contribution in [2.75, 3.05) is 20.3 Å². The Balaban J connectivity index is 1.62. The molecule has 0 amide bonds. The van der Waals surface area contributed by atoms with Crippen LogP contribution in [0.25, 0.3) is 6.08 Å². The van der Waals surface area contributed by atoms with E-state index in [0.29, 0.717) is 12.2 Å². The summed E-state index contributed by atoms with van der Waals surface area (Å²) < 4.78 is 16.9. The lowest BCUT2D eigenvalue weighted by Gasteiger charge is -2.19. The predicted molar refractivity (Wildman–Crippen MR) is 121 cm³/mol. The fraction of sp³-hybridized carbons (Fsp3) is 0.375. The summed E-state index contributed by atoms with van der Waals surface area (Å²) in [5.74, 6) is 0.858. The molecule has 0 heterocycles. The van der Waals surface area contributed by atoms with E-state index in [1.807, 2.05) is 60.7 Å². The van der Waals surface area contributed by atoms with Crippen LogP contribution in [0.15, 0.2) is 60.7 Å². The zero-order chi connectivity index (χ0) is 21.0. The average molecular weight is 413 g/mol. The van der Waals surface area contributed by atoms with E-state index in [2.05, 4.69) is 13.1 Å². The minimum Gasteiger partial charge on any atom is -0.494 e. The van der Waals surface area contributed by atoms with Gasteiger partial charge < -0.3 is 13.6 Å². The van der Waals surface area contributed by atoms with Crippen LogP contribution in [0.2, 0.25) is 13.1 Å². The van der Waals surface area contributed by atoms with Crippen molar-refractivity contribution in [2.45, 2.75) is 38.8 Å². The van der Waals surface area contributed by atoms with Gasteiger partial charge >= 0.3 is 8.56 Å². The van der Waals surface area contributed by atoms with E-state index in [-0.39, 0.29) is 5.78 Å². The number of benzene rings is 2. The number of carbonyl (C=O) groups is 1. The van der Waals surface area contributed by atoms with Crippen molar-refractivity contribution in [3.8, 4) is 5.75 Å². The maximum atomic E-state index is 12.1. The fourth-order valence-electron chi connectivity index (χ4n) is 2.67. The molecule has 2 aromatic rings. The van der Waals surface area contributed by atoms with Crippen molar-refractivity contribution < 1.29 is 18.4 Å². The molecule has 0 spiro atoms. The molecule has 0 atom stereocenters. The Morgan fingerprint density at radius 3 is 2.21 bits per heavy atom. The van der Waals surface area contributed by atoms with Gasteiger partial charge in [0.1, 0.15) is 5.75 Å². The molecule has 5 heteroatoms. The first kappa shape index (κ1) is 23.1. The first-order valence-electron chi connectivity index (χ1n) is 10.2. The highest BCUT2D eigenvalue weighted by molar-refractivity contribution is 6.64. The van der Waals surface area contributed by atoms with Crippen molar-refractivity contribution in [1.82, 2.24) is 0 Å². The van der Waals surface area contributed by atoms with E-state index in [1.54, 1.807) is 13.2 Å². The number of hydrogen-bond donors (Lipinski definition) is 0. The maximum Gasteiger partial charge on any atom is 0.331 e. The van der Waals surface area contributed by atoms with E-state index in [0.717, 1.165) is 43.6 Å². The Labute approximate surface area is 175 Å². The number of carbonyl (C=O) groups excluding carboxylic acids is 1. The molecule has 0 N–H and O–H groups in total. The average Bonchev–Trinajstić information content (AvgIpc) is 2.75. The topological polar surface area (TPSA) is 44.8 Å². The van der Waals surface area contributed by atoms with Gasteiger partial charge in [-0.1, -0.05) is 55.0 Å². The molecule has 0 unspecified atom stereocenters. The number of hydrogen-bond acceptors (Lipinski definition) is 4. The Morgan fingerprint density at radius 1 is 0.897 bits per heavy atom. The molecule has 0 saturated heterocycles. The van der Waals surface area contributed by atoms with Crippen LogP contribution < -0.4 is 4.74 Å². The highest BCUT2D eigenvalue weighted by Crippen LogP contribution is 2.15. The Morgan fingerprint density at radius 2 is 1.55 bits per heavy atom. The summed E-state index contributed by atoms with van der Waals surface area (Å²) in [5, 5.41) is 0. The van der Waals surface area contributed by atoms with Gasteiger partial charge in [-0.15, -0.1) is 0 Å². The van der Waals surface area contributed by atoms with Gasteiger partial charge in [-0.05, 0) is 56.1 Å². The molecule has 2 aromatic carbocycles. The highest BCUT2D eigenvalue weighted by Gasteiger charge is 2.21. The molecular formula is C24H32O4Si. The summed E-state index contributed by atoms with van der Waals surface area (Å²) in [5.41, 5.74) is 1.67. The van der Waals surface area contributed by atoms with Crippen LogP contribution in [-0.2, 0) is 8.85 Å². The largest absolute Gasteiger partial charge is 0.494 e. The van der Waals surface area contributed by atoms with Gasteiger partial charge in [0.2, 0.25) is 0 Å². The maximum absolute atomic E-state index is 12.1. The van der Waals surface area contributed by atoms with Crippen LogP contribution in [0.1, 0.15) is 41.6 Å². The third kappa shape index (κ3) is 9.22. The molecule has 0 aliphatic carbocycles. The number of rotatable bonds is 13. The zero-order valence-corrected chi connectivity index (χ0v) is 18.7. The Kier molecular flexibility index (Phi) is 9.84. The number of unbranched alkanes of at least 4 members (excludes halogenated alkanes) is 3. The summed E-state index contributed by atoms with van der Waals surface area (Å²) in [6.07, 6.45) is 7.78. The number of ether oxygens (including phenoxy) is 1. The molecule has 0 bridgehead atoms. The molecule has 0 fully saturated rings. The molecule has 4 nitrogen and oxygen atoms in total. The summed E-state index contributed by atoms with van der Waals surface area (Å²) in [6, 6.07) is 17.1. The van der Waals surface area contributed by atoms with Gasteiger partial charge in [-0.2, -0.15) is 0 Å². The molecule has 0 radical (unpaired) electrons. The summed E-state index contributed by atoms with van der Waals surface area (Å²) >= 11 is 0. The first-order chi connectivity index (χ1) is 14.0. The molecule has 2 rings (SSSR count). The normalized spacial score (nSPS) is 11.7. The van der Waals surface area contributed by atoms with E-state index in [9.17, 15) is 4.79 Å². The standard InChI is InChI=1S/C24H32O4Si/c1-26-29(2,3)28-20-10-5-4-9-19-27-23-16-13-21(14-17-23)15-18-24(25)22-11-7-6-8-12-22/h6-8,11-18H,4-5,9-10,19-20H2,1-3H3. The van der Waals surface area contributed by atoms with Crippen molar-refractivity contribution in [2.24, 2.45) is 0 Å². The minimum absolute atomic E-state index is 0.00412. The van der Waals surface area contributed by atoms with Crippen LogP contribution >= 0.6 is 0 Å². The Hall–Kier alpha value is -2.21. The van der Waals surface area contributed by atoms with E-state index in [1.165, 1.54) is 0 Å². The summed E-state index contributed by atoms with van der Waals surface area (Å²) in [6.45, 7) is 5.60. The summed E-state index contributed by atoms with van der Waals surface area (Å²) in [4.78, 5) is 12.1. The molecule has 156 valence electrons.